The average molecular weight is 410 g/mol. The van der Waals surface area contributed by atoms with E-state index in [4.69, 9.17) is 11.6 Å². The van der Waals surface area contributed by atoms with Crippen molar-refractivity contribution in [2.24, 2.45) is 0 Å². The number of nitro groups is 1. The number of aryl methyl sites for hydroxylation is 1. The molecule has 1 aliphatic heterocycles. The van der Waals surface area contributed by atoms with Crippen LogP contribution >= 0.6 is 11.6 Å². The molecule has 0 aliphatic carbocycles. The maximum Gasteiger partial charge on any atom is 0.269 e. The Kier molecular flexibility index (Phi) is 5.81. The highest BCUT2D eigenvalue weighted by molar-refractivity contribution is 7.89. The number of rotatable bonds is 5. The SMILES string of the molecule is Cc1cc(Cl)ccc1S(=O)(=O)N1CCN(Cc2cccc([N+](=O)[O-])c2)CC1. The van der Waals surface area contributed by atoms with E-state index in [2.05, 4.69) is 4.90 Å². The van der Waals surface area contributed by atoms with Crippen LogP contribution in [0.2, 0.25) is 5.02 Å². The molecule has 144 valence electrons. The van der Waals surface area contributed by atoms with Gasteiger partial charge in [-0.15, -0.1) is 0 Å². The van der Waals surface area contributed by atoms with Crippen LogP contribution in [-0.4, -0.2) is 48.7 Å². The third-order valence-corrected chi connectivity index (χ3v) is 6.91. The third kappa shape index (κ3) is 4.47. The first-order valence-electron chi connectivity index (χ1n) is 8.49. The number of piperazine rings is 1. The fourth-order valence-corrected chi connectivity index (χ4v) is 5.05. The Morgan fingerprint density at radius 3 is 2.44 bits per heavy atom. The Labute approximate surface area is 163 Å². The molecule has 0 aromatic heterocycles. The molecule has 1 aliphatic rings. The number of halogens is 1. The maximum absolute atomic E-state index is 12.9. The summed E-state index contributed by atoms with van der Waals surface area (Å²) >= 11 is 5.92. The molecule has 9 heteroatoms. The zero-order valence-corrected chi connectivity index (χ0v) is 16.4. The van der Waals surface area contributed by atoms with Crippen molar-refractivity contribution in [1.82, 2.24) is 9.21 Å². The van der Waals surface area contributed by atoms with Gasteiger partial charge in [-0.1, -0.05) is 23.7 Å². The van der Waals surface area contributed by atoms with Crippen molar-refractivity contribution in [3.8, 4) is 0 Å². The van der Waals surface area contributed by atoms with Gasteiger partial charge in [0, 0.05) is 49.9 Å². The van der Waals surface area contributed by atoms with E-state index in [0.717, 1.165) is 5.56 Å². The van der Waals surface area contributed by atoms with Gasteiger partial charge in [-0.2, -0.15) is 4.31 Å². The first-order chi connectivity index (χ1) is 12.8. The minimum absolute atomic E-state index is 0.0620. The highest BCUT2D eigenvalue weighted by Crippen LogP contribution is 2.24. The maximum atomic E-state index is 12.9. The molecular weight excluding hydrogens is 390 g/mol. The highest BCUT2D eigenvalue weighted by Gasteiger charge is 2.29. The van der Waals surface area contributed by atoms with Crippen molar-refractivity contribution >= 4 is 27.3 Å². The number of sulfonamides is 1. The zero-order chi connectivity index (χ0) is 19.6. The van der Waals surface area contributed by atoms with E-state index >= 15 is 0 Å². The first-order valence-corrected chi connectivity index (χ1v) is 10.3. The number of non-ortho nitro benzene ring substituents is 1. The van der Waals surface area contributed by atoms with Gasteiger partial charge in [-0.05, 0) is 36.2 Å². The average Bonchev–Trinajstić information content (AvgIpc) is 2.62. The number of nitrogens with zero attached hydrogens (tertiary/aromatic N) is 3. The molecule has 7 nitrogen and oxygen atoms in total. The van der Waals surface area contributed by atoms with Crippen molar-refractivity contribution < 1.29 is 13.3 Å². The Morgan fingerprint density at radius 2 is 1.81 bits per heavy atom. The molecule has 0 atom stereocenters. The molecule has 1 heterocycles. The molecule has 27 heavy (non-hydrogen) atoms. The van der Waals surface area contributed by atoms with Gasteiger partial charge in [0.1, 0.15) is 0 Å². The van der Waals surface area contributed by atoms with E-state index in [1.54, 1.807) is 37.3 Å². The lowest BCUT2D eigenvalue weighted by Gasteiger charge is -2.34. The summed E-state index contributed by atoms with van der Waals surface area (Å²) in [5, 5.41) is 11.4. The van der Waals surface area contributed by atoms with Crippen molar-refractivity contribution in [2.45, 2.75) is 18.4 Å². The van der Waals surface area contributed by atoms with Gasteiger partial charge in [-0.25, -0.2) is 8.42 Å². The number of hydrogen-bond donors (Lipinski definition) is 0. The second-order valence-electron chi connectivity index (χ2n) is 6.52. The van der Waals surface area contributed by atoms with Crippen LogP contribution in [0, 0.1) is 17.0 Å². The van der Waals surface area contributed by atoms with Gasteiger partial charge in [0.15, 0.2) is 0 Å². The topological polar surface area (TPSA) is 83.8 Å². The fourth-order valence-electron chi connectivity index (χ4n) is 3.20. The summed E-state index contributed by atoms with van der Waals surface area (Å²) < 4.78 is 27.3. The second kappa shape index (κ2) is 7.93. The summed E-state index contributed by atoms with van der Waals surface area (Å²) in [6.07, 6.45) is 0. The Bertz CT molecular complexity index is 957. The third-order valence-electron chi connectivity index (χ3n) is 4.61. The normalized spacial score (nSPS) is 16.4. The first kappa shape index (κ1) is 19.8. The van der Waals surface area contributed by atoms with Gasteiger partial charge in [0.25, 0.3) is 5.69 Å². The van der Waals surface area contributed by atoms with Gasteiger partial charge in [0.05, 0.1) is 9.82 Å². The van der Waals surface area contributed by atoms with E-state index in [0.29, 0.717) is 43.3 Å². The molecule has 0 N–H and O–H groups in total. The van der Waals surface area contributed by atoms with E-state index in [1.165, 1.54) is 10.4 Å². The van der Waals surface area contributed by atoms with Crippen LogP contribution in [0.5, 0.6) is 0 Å². The standard InChI is InChI=1S/C18H20ClN3O4S/c1-14-11-16(19)5-6-18(14)27(25,26)21-9-7-20(8-10-21)13-15-3-2-4-17(12-15)22(23)24/h2-6,11-12H,7-10,13H2,1H3. The lowest BCUT2D eigenvalue weighted by Crippen LogP contribution is -2.48. The van der Waals surface area contributed by atoms with Crippen LogP contribution < -0.4 is 0 Å². The summed E-state index contributed by atoms with van der Waals surface area (Å²) in [6.45, 7) is 4.16. The summed E-state index contributed by atoms with van der Waals surface area (Å²) in [4.78, 5) is 12.9. The van der Waals surface area contributed by atoms with Crippen LogP contribution in [0.15, 0.2) is 47.4 Å². The number of benzene rings is 2. The lowest BCUT2D eigenvalue weighted by molar-refractivity contribution is -0.384. The van der Waals surface area contributed by atoms with Crippen LogP contribution in [-0.2, 0) is 16.6 Å². The molecule has 2 aromatic rings. The molecule has 0 radical (unpaired) electrons. The van der Waals surface area contributed by atoms with Gasteiger partial charge in [-0.3, -0.25) is 15.0 Å². The zero-order valence-electron chi connectivity index (χ0n) is 14.8. The molecule has 0 bridgehead atoms. The summed E-state index contributed by atoms with van der Waals surface area (Å²) in [7, 11) is -3.56. The van der Waals surface area contributed by atoms with E-state index < -0.39 is 14.9 Å². The fraction of sp³-hybridized carbons (Fsp3) is 0.333. The van der Waals surface area contributed by atoms with Crippen molar-refractivity contribution in [2.75, 3.05) is 26.2 Å². The quantitative estimate of drug-likeness (QED) is 0.559. The molecule has 0 saturated carbocycles. The summed E-state index contributed by atoms with van der Waals surface area (Å²) in [6, 6.07) is 11.3. The van der Waals surface area contributed by atoms with Crippen molar-refractivity contribution in [3.63, 3.8) is 0 Å². The second-order valence-corrected chi connectivity index (χ2v) is 8.86. The Balaban J connectivity index is 1.66. The molecular formula is C18H20ClN3O4S. The summed E-state index contributed by atoms with van der Waals surface area (Å²) in [5.41, 5.74) is 1.53. The van der Waals surface area contributed by atoms with Crippen molar-refractivity contribution in [1.29, 1.82) is 0 Å². The minimum atomic E-state index is -3.56. The van der Waals surface area contributed by atoms with Crippen LogP contribution in [0.1, 0.15) is 11.1 Å². The van der Waals surface area contributed by atoms with Crippen molar-refractivity contribution in [3.05, 3.63) is 68.7 Å². The molecule has 1 saturated heterocycles. The predicted octanol–water partition coefficient (Wildman–Crippen LogP) is 3.06. The highest BCUT2D eigenvalue weighted by atomic mass is 35.5. The lowest BCUT2D eigenvalue weighted by atomic mass is 10.2. The Hall–Kier alpha value is -2.00. The molecule has 0 unspecified atom stereocenters. The smallest absolute Gasteiger partial charge is 0.269 e. The molecule has 1 fully saturated rings. The van der Waals surface area contributed by atoms with Crippen LogP contribution in [0.3, 0.4) is 0 Å². The number of nitro benzene ring substituents is 1. The van der Waals surface area contributed by atoms with E-state index in [9.17, 15) is 18.5 Å². The molecule has 0 spiro atoms. The monoisotopic (exact) mass is 409 g/mol. The Morgan fingerprint density at radius 1 is 1.11 bits per heavy atom. The minimum Gasteiger partial charge on any atom is -0.296 e. The van der Waals surface area contributed by atoms with Gasteiger partial charge >= 0.3 is 0 Å². The predicted molar refractivity (Wildman–Crippen MR) is 103 cm³/mol. The van der Waals surface area contributed by atoms with E-state index in [-0.39, 0.29) is 10.6 Å². The van der Waals surface area contributed by atoms with E-state index in [1.807, 2.05) is 6.07 Å². The van der Waals surface area contributed by atoms with Gasteiger partial charge < -0.3 is 0 Å². The molecule has 3 rings (SSSR count). The van der Waals surface area contributed by atoms with Crippen LogP contribution in [0.25, 0.3) is 0 Å². The molecule has 0 amide bonds. The largest absolute Gasteiger partial charge is 0.296 e. The number of hydrogen-bond acceptors (Lipinski definition) is 5. The van der Waals surface area contributed by atoms with Crippen LogP contribution in [0.4, 0.5) is 5.69 Å². The molecule has 2 aromatic carbocycles. The van der Waals surface area contributed by atoms with Gasteiger partial charge in [0.2, 0.25) is 10.0 Å². The summed E-state index contributed by atoms with van der Waals surface area (Å²) in [5.74, 6) is 0.